The van der Waals surface area contributed by atoms with Crippen molar-refractivity contribution in [2.45, 2.75) is 45.8 Å². The Bertz CT molecular complexity index is 150. The van der Waals surface area contributed by atoms with Crippen LogP contribution in [-0.4, -0.2) is 23.4 Å². The number of rotatable bonds is 4. The topological polar surface area (TPSA) is 32.8 Å². The van der Waals surface area contributed by atoms with Crippen LogP contribution in [0.25, 0.3) is 0 Å². The maximum Gasteiger partial charge on any atom is 0.115 e. The summed E-state index contributed by atoms with van der Waals surface area (Å²) in [5.41, 5.74) is -0.228. The first-order valence-corrected chi connectivity index (χ1v) is 4.78. The Morgan fingerprint density at radius 3 is 2.25 bits per heavy atom. The van der Waals surface area contributed by atoms with E-state index < -0.39 is 0 Å². The van der Waals surface area contributed by atoms with Gasteiger partial charge in [-0.25, -0.2) is 0 Å². The van der Waals surface area contributed by atoms with E-state index in [-0.39, 0.29) is 11.7 Å². The molecule has 0 amide bonds. The molecule has 3 atom stereocenters. The average molecular weight is 172 g/mol. The minimum Gasteiger partial charge on any atom is -0.390 e. The van der Waals surface area contributed by atoms with Crippen molar-refractivity contribution in [3.63, 3.8) is 0 Å². The van der Waals surface area contributed by atoms with Crippen LogP contribution in [-0.2, 0) is 4.74 Å². The van der Waals surface area contributed by atoms with E-state index in [1.165, 1.54) is 0 Å². The van der Waals surface area contributed by atoms with Gasteiger partial charge in [0.05, 0.1) is 12.7 Å². The van der Waals surface area contributed by atoms with Crippen LogP contribution in [0.15, 0.2) is 0 Å². The molecule has 1 N–H and O–H groups in total. The lowest BCUT2D eigenvalue weighted by Crippen LogP contribution is -2.33. The Morgan fingerprint density at radius 2 is 1.92 bits per heavy atom. The summed E-state index contributed by atoms with van der Waals surface area (Å²) >= 11 is 0. The van der Waals surface area contributed by atoms with Crippen molar-refractivity contribution in [3.8, 4) is 0 Å². The number of hydrogen-bond donors (Lipinski definition) is 1. The molecule has 0 aromatic rings. The Balaban J connectivity index is 2.36. The van der Waals surface area contributed by atoms with Crippen LogP contribution in [0.3, 0.4) is 0 Å². The molecule has 2 nitrogen and oxygen atoms in total. The van der Waals surface area contributed by atoms with E-state index in [4.69, 9.17) is 4.74 Å². The van der Waals surface area contributed by atoms with Crippen molar-refractivity contribution >= 4 is 0 Å². The molecule has 0 saturated carbocycles. The molecule has 1 saturated heterocycles. The maximum atomic E-state index is 9.84. The SMILES string of the molecule is CC(C)C[C@H](C)[C@@H](O)[C@@]1(C)CO1. The van der Waals surface area contributed by atoms with E-state index in [1.807, 2.05) is 6.92 Å². The zero-order valence-electron chi connectivity index (χ0n) is 8.50. The quantitative estimate of drug-likeness (QED) is 0.656. The van der Waals surface area contributed by atoms with Gasteiger partial charge < -0.3 is 9.84 Å². The molecule has 0 aromatic carbocycles. The third-order valence-corrected chi connectivity index (χ3v) is 2.61. The van der Waals surface area contributed by atoms with Gasteiger partial charge in [0.1, 0.15) is 5.60 Å². The van der Waals surface area contributed by atoms with Crippen molar-refractivity contribution < 1.29 is 9.84 Å². The van der Waals surface area contributed by atoms with Crippen LogP contribution in [0.1, 0.15) is 34.1 Å². The predicted octanol–water partition coefficient (Wildman–Crippen LogP) is 1.82. The Kier molecular flexibility index (Phi) is 2.79. The number of epoxide rings is 1. The molecule has 0 radical (unpaired) electrons. The van der Waals surface area contributed by atoms with Crippen molar-refractivity contribution in [1.29, 1.82) is 0 Å². The molecule has 0 spiro atoms. The van der Waals surface area contributed by atoms with Gasteiger partial charge in [-0.3, -0.25) is 0 Å². The van der Waals surface area contributed by atoms with Crippen molar-refractivity contribution in [2.75, 3.05) is 6.61 Å². The van der Waals surface area contributed by atoms with E-state index in [2.05, 4.69) is 20.8 Å². The van der Waals surface area contributed by atoms with Gasteiger partial charge in [-0.2, -0.15) is 0 Å². The Hall–Kier alpha value is -0.0800. The second-order valence-corrected chi connectivity index (χ2v) is 4.65. The van der Waals surface area contributed by atoms with E-state index in [0.29, 0.717) is 11.8 Å². The maximum absolute atomic E-state index is 9.84. The largest absolute Gasteiger partial charge is 0.390 e. The predicted molar refractivity (Wildman–Crippen MR) is 49.0 cm³/mol. The zero-order chi connectivity index (χ0) is 9.35. The van der Waals surface area contributed by atoms with Gasteiger partial charge in [0.2, 0.25) is 0 Å². The standard InChI is InChI=1S/C10H20O2/c1-7(2)5-8(3)9(11)10(4)6-12-10/h7-9,11H,5-6H2,1-4H3/t8-,9+,10+/m0/s1. The molecule has 1 aliphatic heterocycles. The minimum atomic E-state index is -0.292. The highest BCUT2D eigenvalue weighted by Gasteiger charge is 2.48. The molecule has 0 unspecified atom stereocenters. The van der Waals surface area contributed by atoms with Gasteiger partial charge >= 0.3 is 0 Å². The third kappa shape index (κ3) is 2.20. The second kappa shape index (κ2) is 3.35. The molecule has 0 aliphatic carbocycles. The summed E-state index contributed by atoms with van der Waals surface area (Å²) in [5, 5.41) is 9.84. The van der Waals surface area contributed by atoms with Crippen molar-refractivity contribution in [1.82, 2.24) is 0 Å². The first kappa shape index (κ1) is 10.0. The van der Waals surface area contributed by atoms with Crippen LogP contribution in [0, 0.1) is 11.8 Å². The summed E-state index contributed by atoms with van der Waals surface area (Å²) < 4.78 is 5.21. The van der Waals surface area contributed by atoms with Gasteiger partial charge in [-0.15, -0.1) is 0 Å². The van der Waals surface area contributed by atoms with E-state index >= 15 is 0 Å². The summed E-state index contributed by atoms with van der Waals surface area (Å²) in [6.45, 7) is 9.15. The Morgan fingerprint density at radius 1 is 1.42 bits per heavy atom. The molecular formula is C10H20O2. The van der Waals surface area contributed by atoms with Crippen LogP contribution < -0.4 is 0 Å². The smallest absolute Gasteiger partial charge is 0.115 e. The number of hydrogen-bond acceptors (Lipinski definition) is 2. The number of ether oxygens (including phenoxy) is 1. The summed E-state index contributed by atoms with van der Waals surface area (Å²) in [6, 6.07) is 0. The normalized spacial score (nSPS) is 33.5. The highest BCUT2D eigenvalue weighted by atomic mass is 16.6. The summed E-state index contributed by atoms with van der Waals surface area (Å²) in [6.07, 6.45) is 0.778. The average Bonchev–Trinajstić information content (AvgIpc) is 2.66. The molecule has 0 bridgehead atoms. The van der Waals surface area contributed by atoms with Gasteiger partial charge in [0.25, 0.3) is 0 Å². The van der Waals surface area contributed by atoms with Gasteiger partial charge in [-0.05, 0) is 25.2 Å². The van der Waals surface area contributed by atoms with Crippen LogP contribution >= 0.6 is 0 Å². The molecule has 2 heteroatoms. The lowest BCUT2D eigenvalue weighted by molar-refractivity contribution is 0.0336. The van der Waals surface area contributed by atoms with Crippen molar-refractivity contribution in [2.24, 2.45) is 11.8 Å². The van der Waals surface area contributed by atoms with Crippen molar-refractivity contribution in [3.05, 3.63) is 0 Å². The van der Waals surface area contributed by atoms with E-state index in [9.17, 15) is 5.11 Å². The second-order valence-electron chi connectivity index (χ2n) is 4.65. The molecule has 72 valence electrons. The first-order chi connectivity index (χ1) is 5.46. The number of aliphatic hydroxyl groups excluding tert-OH is 1. The molecule has 1 rings (SSSR count). The third-order valence-electron chi connectivity index (χ3n) is 2.61. The fourth-order valence-corrected chi connectivity index (χ4v) is 1.76. The van der Waals surface area contributed by atoms with Gasteiger partial charge in [0.15, 0.2) is 0 Å². The van der Waals surface area contributed by atoms with Crippen LogP contribution in [0.5, 0.6) is 0 Å². The highest BCUT2D eigenvalue weighted by Crippen LogP contribution is 2.35. The first-order valence-electron chi connectivity index (χ1n) is 4.78. The monoisotopic (exact) mass is 172 g/mol. The lowest BCUT2D eigenvalue weighted by atomic mass is 9.87. The molecule has 1 fully saturated rings. The van der Waals surface area contributed by atoms with Gasteiger partial charge in [0, 0.05) is 0 Å². The summed E-state index contributed by atoms with van der Waals surface area (Å²) in [5.74, 6) is 0.995. The summed E-state index contributed by atoms with van der Waals surface area (Å²) in [7, 11) is 0. The minimum absolute atomic E-state index is 0.228. The summed E-state index contributed by atoms with van der Waals surface area (Å²) in [4.78, 5) is 0. The fourth-order valence-electron chi connectivity index (χ4n) is 1.76. The lowest BCUT2D eigenvalue weighted by Gasteiger charge is -2.23. The number of aliphatic hydroxyl groups is 1. The molecule has 12 heavy (non-hydrogen) atoms. The molecular weight excluding hydrogens is 152 g/mol. The molecule has 1 heterocycles. The molecule has 1 aliphatic rings. The fraction of sp³-hybridized carbons (Fsp3) is 1.00. The molecule has 0 aromatic heterocycles. The zero-order valence-corrected chi connectivity index (χ0v) is 8.50. The van der Waals surface area contributed by atoms with Crippen LogP contribution in [0.4, 0.5) is 0 Å². The van der Waals surface area contributed by atoms with E-state index in [0.717, 1.165) is 13.0 Å². The highest BCUT2D eigenvalue weighted by molar-refractivity contribution is 4.96. The van der Waals surface area contributed by atoms with Gasteiger partial charge in [-0.1, -0.05) is 20.8 Å². The Labute approximate surface area is 74.9 Å². The van der Waals surface area contributed by atoms with Crippen LogP contribution in [0.2, 0.25) is 0 Å². The van der Waals surface area contributed by atoms with E-state index in [1.54, 1.807) is 0 Å².